The highest BCUT2D eigenvalue weighted by Gasteiger charge is 2.18. The largest absolute Gasteiger partial charge is 0.378 e. The van der Waals surface area contributed by atoms with Crippen molar-refractivity contribution in [3.8, 4) is 0 Å². The molecule has 0 spiro atoms. The molecule has 0 radical (unpaired) electrons. The van der Waals surface area contributed by atoms with E-state index in [0.29, 0.717) is 12.8 Å². The zero-order valence-corrected chi connectivity index (χ0v) is 14.8. The summed E-state index contributed by atoms with van der Waals surface area (Å²) in [6, 6.07) is 7.80. The van der Waals surface area contributed by atoms with Crippen molar-refractivity contribution in [2.24, 2.45) is 0 Å². The van der Waals surface area contributed by atoms with Gasteiger partial charge >= 0.3 is 0 Å². The third-order valence-corrected chi connectivity index (χ3v) is 5.01. The highest BCUT2D eigenvalue weighted by molar-refractivity contribution is 5.91. The Bertz CT molecular complexity index is 573. The molecule has 2 saturated heterocycles. The smallest absolute Gasteiger partial charge is 0.226 e. The molecule has 1 aromatic carbocycles. The molecule has 0 saturated carbocycles. The van der Waals surface area contributed by atoms with E-state index in [2.05, 4.69) is 5.32 Å². The van der Waals surface area contributed by atoms with Crippen LogP contribution in [-0.4, -0.2) is 42.5 Å². The van der Waals surface area contributed by atoms with Crippen LogP contribution >= 0.6 is 0 Å². The molecule has 136 valence electrons. The van der Waals surface area contributed by atoms with E-state index < -0.39 is 0 Å². The Labute approximate surface area is 149 Å². The average Bonchev–Trinajstić information content (AvgIpc) is 3.16. The summed E-state index contributed by atoms with van der Waals surface area (Å²) in [5.74, 6) is 0.256. The molecular formula is C20H28N2O3. The minimum atomic E-state index is 0.00358. The zero-order chi connectivity index (χ0) is 17.5. The van der Waals surface area contributed by atoms with Gasteiger partial charge in [0.2, 0.25) is 11.8 Å². The fourth-order valence-electron chi connectivity index (χ4n) is 3.52. The molecule has 3 rings (SSSR count). The van der Waals surface area contributed by atoms with E-state index in [-0.39, 0.29) is 17.9 Å². The molecule has 2 heterocycles. The van der Waals surface area contributed by atoms with Crippen LogP contribution in [0.5, 0.6) is 0 Å². The summed E-state index contributed by atoms with van der Waals surface area (Å²) in [6.45, 7) is 2.59. The van der Waals surface area contributed by atoms with Gasteiger partial charge < -0.3 is 15.0 Å². The third-order valence-electron chi connectivity index (χ3n) is 5.01. The Balaban J connectivity index is 1.41. The second-order valence-corrected chi connectivity index (χ2v) is 7.03. The maximum Gasteiger partial charge on any atom is 0.226 e. The highest BCUT2D eigenvalue weighted by atomic mass is 16.5. The van der Waals surface area contributed by atoms with Crippen molar-refractivity contribution in [1.82, 2.24) is 4.90 Å². The first-order valence-electron chi connectivity index (χ1n) is 9.49. The van der Waals surface area contributed by atoms with E-state index in [0.717, 1.165) is 69.5 Å². The Morgan fingerprint density at radius 3 is 2.52 bits per heavy atom. The van der Waals surface area contributed by atoms with Crippen LogP contribution < -0.4 is 5.32 Å². The molecule has 1 atom stereocenters. The summed E-state index contributed by atoms with van der Waals surface area (Å²) in [4.78, 5) is 26.1. The third kappa shape index (κ3) is 5.56. The van der Waals surface area contributed by atoms with Gasteiger partial charge in [-0.15, -0.1) is 0 Å². The van der Waals surface area contributed by atoms with Gasteiger partial charge in [0.15, 0.2) is 0 Å². The number of rotatable bonds is 6. The summed E-state index contributed by atoms with van der Waals surface area (Å²) in [7, 11) is 0. The Kier molecular flexibility index (Phi) is 6.45. The van der Waals surface area contributed by atoms with Crippen LogP contribution in [0.1, 0.15) is 50.5 Å². The molecule has 2 aliphatic rings. The first kappa shape index (κ1) is 17.9. The molecule has 0 aliphatic carbocycles. The van der Waals surface area contributed by atoms with Gasteiger partial charge in [-0.1, -0.05) is 12.1 Å². The second kappa shape index (κ2) is 8.99. The minimum absolute atomic E-state index is 0.00358. The lowest BCUT2D eigenvalue weighted by Crippen LogP contribution is -2.27. The molecule has 5 heteroatoms. The lowest BCUT2D eigenvalue weighted by atomic mass is 10.1. The molecule has 2 amide bonds. The van der Waals surface area contributed by atoms with Gasteiger partial charge in [0, 0.05) is 31.8 Å². The quantitative estimate of drug-likeness (QED) is 0.862. The van der Waals surface area contributed by atoms with Crippen molar-refractivity contribution < 1.29 is 14.3 Å². The average molecular weight is 344 g/mol. The summed E-state index contributed by atoms with van der Waals surface area (Å²) in [5, 5.41) is 2.93. The van der Waals surface area contributed by atoms with Gasteiger partial charge in [-0.05, 0) is 56.2 Å². The molecule has 1 aromatic rings. The molecule has 5 nitrogen and oxygen atoms in total. The van der Waals surface area contributed by atoms with Gasteiger partial charge in [-0.2, -0.15) is 0 Å². The van der Waals surface area contributed by atoms with Crippen molar-refractivity contribution in [2.75, 3.05) is 25.0 Å². The molecule has 1 N–H and O–H groups in total. The summed E-state index contributed by atoms with van der Waals surface area (Å²) >= 11 is 0. The number of hydrogen-bond acceptors (Lipinski definition) is 3. The van der Waals surface area contributed by atoms with Crippen molar-refractivity contribution in [2.45, 2.75) is 57.5 Å². The fraction of sp³-hybridized carbons (Fsp3) is 0.600. The molecule has 25 heavy (non-hydrogen) atoms. The zero-order valence-electron chi connectivity index (χ0n) is 14.8. The van der Waals surface area contributed by atoms with E-state index >= 15 is 0 Å². The van der Waals surface area contributed by atoms with Crippen molar-refractivity contribution in [3.05, 3.63) is 29.8 Å². The SMILES string of the molecule is O=C(CC1CCCCO1)Nc1ccc(CCC(=O)N2CCCC2)cc1. The number of likely N-dealkylation sites (tertiary alicyclic amines) is 1. The van der Waals surface area contributed by atoms with Gasteiger partial charge in [-0.25, -0.2) is 0 Å². The maximum atomic E-state index is 12.1. The van der Waals surface area contributed by atoms with Crippen LogP contribution in [0.15, 0.2) is 24.3 Å². The van der Waals surface area contributed by atoms with Crippen LogP contribution in [0.25, 0.3) is 0 Å². The molecule has 2 fully saturated rings. The van der Waals surface area contributed by atoms with E-state index in [1.807, 2.05) is 29.2 Å². The Morgan fingerprint density at radius 1 is 1.08 bits per heavy atom. The molecule has 2 aliphatic heterocycles. The van der Waals surface area contributed by atoms with E-state index in [1.165, 1.54) is 0 Å². The second-order valence-electron chi connectivity index (χ2n) is 7.03. The number of nitrogens with one attached hydrogen (secondary N) is 1. The lowest BCUT2D eigenvalue weighted by molar-refractivity contribution is -0.130. The Hall–Kier alpha value is -1.88. The number of amides is 2. The first-order valence-corrected chi connectivity index (χ1v) is 9.49. The van der Waals surface area contributed by atoms with E-state index in [4.69, 9.17) is 4.74 Å². The normalized spacial score (nSPS) is 20.5. The van der Waals surface area contributed by atoms with Crippen LogP contribution in [0.3, 0.4) is 0 Å². The number of benzene rings is 1. The van der Waals surface area contributed by atoms with Crippen LogP contribution in [-0.2, 0) is 20.7 Å². The molecular weight excluding hydrogens is 316 g/mol. The van der Waals surface area contributed by atoms with Gasteiger partial charge in [0.1, 0.15) is 0 Å². The number of carbonyl (C=O) groups is 2. The predicted molar refractivity (Wildman–Crippen MR) is 97.4 cm³/mol. The first-order chi connectivity index (χ1) is 12.2. The predicted octanol–water partition coefficient (Wildman–Crippen LogP) is 3.14. The Morgan fingerprint density at radius 2 is 1.84 bits per heavy atom. The van der Waals surface area contributed by atoms with Crippen LogP contribution in [0.4, 0.5) is 5.69 Å². The van der Waals surface area contributed by atoms with Crippen molar-refractivity contribution in [1.29, 1.82) is 0 Å². The molecule has 0 aromatic heterocycles. The highest BCUT2D eigenvalue weighted by Crippen LogP contribution is 2.17. The molecule has 0 bridgehead atoms. The van der Waals surface area contributed by atoms with Gasteiger partial charge in [0.25, 0.3) is 0 Å². The molecule has 1 unspecified atom stereocenters. The fourth-order valence-corrected chi connectivity index (χ4v) is 3.52. The van der Waals surface area contributed by atoms with Crippen molar-refractivity contribution >= 4 is 17.5 Å². The topological polar surface area (TPSA) is 58.6 Å². The standard InChI is InChI=1S/C20H28N2O3/c23-19(15-18-5-1-4-14-25-18)21-17-9-6-16(7-10-17)8-11-20(24)22-12-2-3-13-22/h6-7,9-10,18H,1-5,8,11-15H2,(H,21,23). The number of aryl methyl sites for hydroxylation is 1. The lowest BCUT2D eigenvalue weighted by Gasteiger charge is -2.21. The van der Waals surface area contributed by atoms with Crippen LogP contribution in [0.2, 0.25) is 0 Å². The maximum absolute atomic E-state index is 12.1. The number of ether oxygens (including phenoxy) is 1. The van der Waals surface area contributed by atoms with E-state index in [9.17, 15) is 9.59 Å². The monoisotopic (exact) mass is 344 g/mol. The summed E-state index contributed by atoms with van der Waals surface area (Å²) in [5.41, 5.74) is 1.93. The number of anilines is 1. The van der Waals surface area contributed by atoms with Gasteiger partial charge in [-0.3, -0.25) is 9.59 Å². The number of hydrogen-bond donors (Lipinski definition) is 1. The number of carbonyl (C=O) groups excluding carboxylic acids is 2. The number of nitrogens with zero attached hydrogens (tertiary/aromatic N) is 1. The van der Waals surface area contributed by atoms with Crippen LogP contribution in [0, 0.1) is 0 Å². The minimum Gasteiger partial charge on any atom is -0.378 e. The van der Waals surface area contributed by atoms with Gasteiger partial charge in [0.05, 0.1) is 12.5 Å². The summed E-state index contributed by atoms with van der Waals surface area (Å²) < 4.78 is 5.61. The van der Waals surface area contributed by atoms with Crippen molar-refractivity contribution in [3.63, 3.8) is 0 Å². The van der Waals surface area contributed by atoms with E-state index in [1.54, 1.807) is 0 Å². The summed E-state index contributed by atoms with van der Waals surface area (Å²) in [6.07, 6.45) is 7.26.